The minimum atomic E-state index is -0.192. The Bertz CT molecular complexity index is 1110. The molecule has 0 aliphatic carbocycles. The van der Waals surface area contributed by atoms with Crippen LogP contribution < -0.4 is 21.1 Å². The van der Waals surface area contributed by atoms with Crippen LogP contribution in [0.5, 0.6) is 5.75 Å². The molecule has 2 aliphatic rings. The van der Waals surface area contributed by atoms with Gasteiger partial charge in [0.2, 0.25) is 5.96 Å². The van der Waals surface area contributed by atoms with Gasteiger partial charge in [0.1, 0.15) is 11.6 Å². The number of hydrogen-bond acceptors (Lipinski definition) is 7. The van der Waals surface area contributed by atoms with Gasteiger partial charge in [-0.05, 0) is 44.5 Å². The van der Waals surface area contributed by atoms with Crippen molar-refractivity contribution in [2.24, 2.45) is 23.5 Å². The molecule has 0 atom stereocenters. The van der Waals surface area contributed by atoms with Crippen molar-refractivity contribution in [3.63, 3.8) is 0 Å². The topological polar surface area (TPSA) is 97.9 Å². The van der Waals surface area contributed by atoms with Crippen LogP contribution in [0.15, 0.2) is 71.2 Å². The van der Waals surface area contributed by atoms with Gasteiger partial charge in [-0.1, -0.05) is 6.07 Å². The molecular formula is C22H27N7O. The van der Waals surface area contributed by atoms with Crippen molar-refractivity contribution in [3.05, 3.63) is 66.2 Å². The summed E-state index contributed by atoms with van der Waals surface area (Å²) in [5.74, 6) is 1.59. The zero-order valence-corrected chi connectivity index (χ0v) is 17.9. The fraction of sp³-hybridized carbons (Fsp3) is 0.273. The van der Waals surface area contributed by atoms with Crippen LogP contribution in [0.4, 0.5) is 5.69 Å². The minimum absolute atomic E-state index is 0.192. The molecule has 0 amide bonds. The fourth-order valence-corrected chi connectivity index (χ4v) is 3.67. The maximum Gasteiger partial charge on any atom is 0.205 e. The summed E-state index contributed by atoms with van der Waals surface area (Å²) in [6, 6.07) is 5.94. The highest BCUT2D eigenvalue weighted by Crippen LogP contribution is 2.40. The zero-order chi connectivity index (χ0) is 21.6. The number of aromatic nitrogens is 2. The molecule has 0 fully saturated rings. The number of hydrogen-bond donors (Lipinski definition) is 2. The van der Waals surface area contributed by atoms with Gasteiger partial charge in [0, 0.05) is 42.3 Å². The molecule has 0 bridgehead atoms. The largest absolute Gasteiger partial charge is 0.495 e. The number of ether oxygens (including phenoxy) is 1. The summed E-state index contributed by atoms with van der Waals surface area (Å²) in [5, 5.41) is 4.25. The summed E-state index contributed by atoms with van der Waals surface area (Å²) in [6.07, 6.45) is 9.49. The Morgan fingerprint density at radius 2 is 1.87 bits per heavy atom. The Labute approximate surface area is 176 Å². The van der Waals surface area contributed by atoms with Crippen LogP contribution >= 0.6 is 0 Å². The van der Waals surface area contributed by atoms with E-state index in [9.17, 15) is 0 Å². The first-order chi connectivity index (χ1) is 14.2. The number of nitrogens with two attached hydrogens (primary N) is 2. The Morgan fingerprint density at radius 3 is 2.50 bits per heavy atom. The number of anilines is 1. The first kappa shape index (κ1) is 19.6. The molecule has 3 heterocycles. The summed E-state index contributed by atoms with van der Waals surface area (Å²) >= 11 is 0. The van der Waals surface area contributed by atoms with Crippen LogP contribution in [0, 0.1) is 0 Å². The van der Waals surface area contributed by atoms with E-state index < -0.39 is 0 Å². The predicted octanol–water partition coefficient (Wildman–Crippen LogP) is 2.87. The number of benzene rings is 1. The van der Waals surface area contributed by atoms with E-state index in [2.05, 4.69) is 30.9 Å². The van der Waals surface area contributed by atoms with Crippen LogP contribution in [0.3, 0.4) is 0 Å². The maximum absolute atomic E-state index is 6.63. The first-order valence-electron chi connectivity index (χ1n) is 9.69. The first-order valence-corrected chi connectivity index (χ1v) is 9.69. The maximum atomic E-state index is 6.63. The van der Waals surface area contributed by atoms with Gasteiger partial charge in [-0.15, -0.1) is 0 Å². The number of aliphatic imine (C=N–C) groups is 1. The number of allylic oxidation sites excluding steroid dienone is 1. The van der Waals surface area contributed by atoms with Gasteiger partial charge in [-0.25, -0.2) is 4.99 Å². The third-order valence-electron chi connectivity index (χ3n) is 5.15. The lowest BCUT2D eigenvalue weighted by Crippen LogP contribution is -2.47. The van der Waals surface area contributed by atoms with Crippen molar-refractivity contribution in [1.82, 2.24) is 14.7 Å². The van der Waals surface area contributed by atoms with Crippen molar-refractivity contribution in [2.75, 3.05) is 12.0 Å². The number of guanidine groups is 1. The lowest BCUT2D eigenvalue weighted by molar-refractivity contribution is 0.251. The number of methoxy groups -OCH3 is 1. The highest BCUT2D eigenvalue weighted by molar-refractivity contribution is 6.02. The second kappa shape index (κ2) is 6.98. The molecule has 0 spiro atoms. The molecule has 0 radical (unpaired) electrons. The van der Waals surface area contributed by atoms with Crippen LogP contribution in [-0.4, -0.2) is 33.3 Å². The Balaban J connectivity index is 1.84. The molecule has 156 valence electrons. The van der Waals surface area contributed by atoms with E-state index in [1.165, 1.54) is 0 Å². The molecule has 2 aliphatic heterocycles. The Kier molecular flexibility index (Phi) is 4.57. The van der Waals surface area contributed by atoms with Crippen LogP contribution in [0.25, 0.3) is 11.1 Å². The Morgan fingerprint density at radius 1 is 1.10 bits per heavy atom. The summed E-state index contributed by atoms with van der Waals surface area (Å²) in [5.41, 5.74) is 17.2. The lowest BCUT2D eigenvalue weighted by Gasteiger charge is -2.41. The van der Waals surface area contributed by atoms with Crippen molar-refractivity contribution < 1.29 is 4.74 Å². The van der Waals surface area contributed by atoms with Gasteiger partial charge in [0.05, 0.1) is 24.7 Å². The van der Waals surface area contributed by atoms with E-state index in [-0.39, 0.29) is 5.54 Å². The molecule has 0 unspecified atom stereocenters. The highest BCUT2D eigenvalue weighted by Gasteiger charge is 2.33. The predicted molar refractivity (Wildman–Crippen MR) is 119 cm³/mol. The molecule has 4 N–H and O–H groups in total. The van der Waals surface area contributed by atoms with Gasteiger partial charge in [0.15, 0.2) is 0 Å². The smallest absolute Gasteiger partial charge is 0.205 e. The van der Waals surface area contributed by atoms with Gasteiger partial charge in [0.25, 0.3) is 0 Å². The van der Waals surface area contributed by atoms with Gasteiger partial charge in [-0.3, -0.25) is 9.58 Å². The van der Waals surface area contributed by atoms with Crippen LogP contribution in [0.2, 0.25) is 0 Å². The van der Waals surface area contributed by atoms with Gasteiger partial charge >= 0.3 is 0 Å². The summed E-state index contributed by atoms with van der Waals surface area (Å²) in [4.78, 5) is 8.26. The van der Waals surface area contributed by atoms with E-state index in [0.29, 0.717) is 17.5 Å². The highest BCUT2D eigenvalue weighted by atomic mass is 16.5. The number of rotatable bonds is 3. The third-order valence-corrected chi connectivity index (χ3v) is 5.15. The minimum Gasteiger partial charge on any atom is -0.495 e. The lowest BCUT2D eigenvalue weighted by atomic mass is 10.0. The van der Waals surface area contributed by atoms with Crippen molar-refractivity contribution >= 4 is 11.6 Å². The normalized spacial score (nSPS) is 16.4. The molecule has 8 nitrogen and oxygen atoms in total. The molecule has 0 saturated carbocycles. The quantitative estimate of drug-likeness (QED) is 0.815. The molecule has 1 aromatic heterocycles. The van der Waals surface area contributed by atoms with Crippen molar-refractivity contribution in [2.45, 2.75) is 26.3 Å². The zero-order valence-electron chi connectivity index (χ0n) is 17.9. The van der Waals surface area contributed by atoms with Crippen LogP contribution in [-0.2, 0) is 7.05 Å². The number of aryl methyl sites for hydroxylation is 1. The third kappa shape index (κ3) is 3.20. The molecule has 0 saturated heterocycles. The SMILES string of the molecule is COc1cc(-c2cnn(C)c2)ccc1N1C(N)=NC=C2C=CN(C(C)(C)C)C(N)=C21. The molecule has 2 aromatic rings. The monoisotopic (exact) mass is 405 g/mol. The molecular weight excluding hydrogens is 378 g/mol. The molecule has 8 heteroatoms. The van der Waals surface area contributed by atoms with Gasteiger partial charge < -0.3 is 21.1 Å². The Hall–Kier alpha value is -3.68. The number of nitrogens with zero attached hydrogens (tertiary/aromatic N) is 5. The second-order valence-corrected chi connectivity index (χ2v) is 8.29. The number of fused-ring (bicyclic) bond motifs is 1. The van der Waals surface area contributed by atoms with Crippen molar-refractivity contribution in [1.29, 1.82) is 0 Å². The molecule has 4 rings (SSSR count). The molecule has 30 heavy (non-hydrogen) atoms. The van der Waals surface area contributed by atoms with E-state index in [1.54, 1.807) is 18.0 Å². The summed E-state index contributed by atoms with van der Waals surface area (Å²) in [7, 11) is 3.53. The average molecular weight is 406 g/mol. The van der Waals surface area contributed by atoms with Gasteiger partial charge in [-0.2, -0.15) is 5.10 Å². The van der Waals surface area contributed by atoms with E-state index in [4.69, 9.17) is 16.2 Å². The molecule has 1 aromatic carbocycles. The summed E-state index contributed by atoms with van der Waals surface area (Å²) in [6.45, 7) is 6.31. The average Bonchev–Trinajstić information content (AvgIpc) is 3.13. The van der Waals surface area contributed by atoms with E-state index >= 15 is 0 Å². The van der Waals surface area contributed by atoms with E-state index in [0.717, 1.165) is 28.1 Å². The fourth-order valence-electron chi connectivity index (χ4n) is 3.67. The van der Waals surface area contributed by atoms with Crippen LogP contribution in [0.1, 0.15) is 20.8 Å². The van der Waals surface area contributed by atoms with E-state index in [1.807, 2.05) is 59.7 Å². The van der Waals surface area contributed by atoms with Crippen molar-refractivity contribution in [3.8, 4) is 16.9 Å². The summed E-state index contributed by atoms with van der Waals surface area (Å²) < 4.78 is 7.50. The standard InChI is InChI=1S/C22H27N7O/c1-22(2,3)28-9-8-15-11-25-21(24)29(19(15)20(28)23)17-7-6-14(10-18(17)30-5)16-12-26-27(4)13-16/h6-13H,23H2,1-5H3,(H2,24,25). The second-order valence-electron chi connectivity index (χ2n) is 8.29.